The molecule has 0 aliphatic heterocycles. The van der Waals surface area contributed by atoms with E-state index in [2.05, 4.69) is 12.2 Å². The number of carbonyl (C=O) groups excluding carboxylic acids is 1. The van der Waals surface area contributed by atoms with Crippen molar-refractivity contribution in [3.8, 4) is 0 Å². The molecule has 19 heavy (non-hydrogen) atoms. The highest BCUT2D eigenvalue weighted by atomic mass is 16.2. The molecule has 3 atom stereocenters. The van der Waals surface area contributed by atoms with E-state index < -0.39 is 0 Å². The summed E-state index contributed by atoms with van der Waals surface area (Å²) in [6.45, 7) is 2.91. The molecule has 0 saturated heterocycles. The van der Waals surface area contributed by atoms with Gasteiger partial charge in [-0.3, -0.25) is 4.79 Å². The van der Waals surface area contributed by atoms with Crippen molar-refractivity contribution in [1.82, 2.24) is 5.32 Å². The molecule has 0 aromatic rings. The fourth-order valence-electron chi connectivity index (χ4n) is 4.61. The number of nitrogens with two attached hydrogens (primary N) is 1. The minimum Gasteiger partial charge on any atom is -0.349 e. The van der Waals surface area contributed by atoms with Crippen LogP contribution in [0.25, 0.3) is 0 Å². The molecule has 3 aliphatic carbocycles. The molecule has 3 nitrogen and oxygen atoms in total. The van der Waals surface area contributed by atoms with E-state index in [-0.39, 0.29) is 5.54 Å². The molecular weight excluding hydrogens is 236 g/mol. The predicted molar refractivity (Wildman–Crippen MR) is 76.5 cm³/mol. The number of nitrogens with one attached hydrogen (secondary N) is 1. The second kappa shape index (κ2) is 5.08. The van der Waals surface area contributed by atoms with E-state index in [4.69, 9.17) is 5.73 Å². The molecule has 0 heterocycles. The molecule has 0 spiro atoms. The lowest BCUT2D eigenvalue weighted by atomic mass is 9.76. The molecule has 3 rings (SSSR count). The first-order valence-electron chi connectivity index (χ1n) is 8.14. The lowest BCUT2D eigenvalue weighted by Crippen LogP contribution is -2.57. The average Bonchev–Trinajstić information content (AvgIpc) is 3.04. The first kappa shape index (κ1) is 13.4. The van der Waals surface area contributed by atoms with Gasteiger partial charge in [-0.2, -0.15) is 0 Å². The van der Waals surface area contributed by atoms with Gasteiger partial charge in [0.05, 0.1) is 5.54 Å². The zero-order valence-electron chi connectivity index (χ0n) is 12.2. The van der Waals surface area contributed by atoms with Crippen LogP contribution in [0.5, 0.6) is 0 Å². The quantitative estimate of drug-likeness (QED) is 0.822. The molecule has 1 amide bonds. The zero-order chi connectivity index (χ0) is 13.5. The molecule has 2 bridgehead atoms. The van der Waals surface area contributed by atoms with Crippen LogP contribution in [-0.4, -0.2) is 18.0 Å². The van der Waals surface area contributed by atoms with Crippen LogP contribution in [0.4, 0.5) is 0 Å². The first-order valence-corrected chi connectivity index (χ1v) is 8.14. The predicted octanol–water partition coefficient (Wildman–Crippen LogP) is 2.45. The molecular formula is C16H28N2O. The van der Waals surface area contributed by atoms with Gasteiger partial charge in [-0.25, -0.2) is 0 Å². The van der Waals surface area contributed by atoms with Crippen LogP contribution in [0, 0.1) is 23.7 Å². The van der Waals surface area contributed by atoms with Crippen molar-refractivity contribution in [2.45, 2.75) is 63.8 Å². The van der Waals surface area contributed by atoms with Gasteiger partial charge in [0.1, 0.15) is 0 Å². The van der Waals surface area contributed by atoms with E-state index in [1.54, 1.807) is 0 Å². The van der Waals surface area contributed by atoms with E-state index in [1.165, 1.54) is 32.1 Å². The lowest BCUT2D eigenvalue weighted by molar-refractivity contribution is -0.129. The number of fused-ring (bicyclic) bond motifs is 2. The van der Waals surface area contributed by atoms with Gasteiger partial charge in [0.2, 0.25) is 5.91 Å². The van der Waals surface area contributed by atoms with Crippen molar-refractivity contribution in [3.05, 3.63) is 0 Å². The normalized spacial score (nSPS) is 45.4. The van der Waals surface area contributed by atoms with Gasteiger partial charge in [0.15, 0.2) is 0 Å². The van der Waals surface area contributed by atoms with Crippen molar-refractivity contribution in [2.24, 2.45) is 29.4 Å². The van der Waals surface area contributed by atoms with Crippen molar-refractivity contribution in [2.75, 3.05) is 6.54 Å². The maximum absolute atomic E-state index is 12.6. The van der Waals surface area contributed by atoms with Crippen LogP contribution in [0.1, 0.15) is 58.3 Å². The summed E-state index contributed by atoms with van der Waals surface area (Å²) in [4.78, 5) is 12.6. The summed E-state index contributed by atoms with van der Waals surface area (Å²) >= 11 is 0. The van der Waals surface area contributed by atoms with Crippen LogP contribution in [0.2, 0.25) is 0 Å². The molecule has 3 heteroatoms. The Hall–Kier alpha value is -0.570. The molecule has 0 aromatic heterocycles. The number of hydrogen-bond acceptors (Lipinski definition) is 2. The van der Waals surface area contributed by atoms with E-state index in [0.717, 1.165) is 31.1 Å². The topological polar surface area (TPSA) is 55.1 Å². The highest BCUT2D eigenvalue weighted by Crippen LogP contribution is 2.48. The van der Waals surface area contributed by atoms with Crippen LogP contribution in [-0.2, 0) is 4.79 Å². The molecule has 0 radical (unpaired) electrons. The molecule has 3 saturated carbocycles. The SMILES string of the molecule is CC1CCC(CN)(NC(=O)C2CC3CCC2C3)CC1. The molecule has 108 valence electrons. The fourth-order valence-corrected chi connectivity index (χ4v) is 4.61. The number of amides is 1. The van der Waals surface area contributed by atoms with Gasteiger partial charge < -0.3 is 11.1 Å². The smallest absolute Gasteiger partial charge is 0.223 e. The molecule has 3 fully saturated rings. The van der Waals surface area contributed by atoms with Crippen LogP contribution in [0.3, 0.4) is 0 Å². The Labute approximate surface area is 116 Å². The highest BCUT2D eigenvalue weighted by molar-refractivity contribution is 5.80. The van der Waals surface area contributed by atoms with Crippen molar-refractivity contribution in [1.29, 1.82) is 0 Å². The third-order valence-electron chi connectivity index (χ3n) is 6.09. The van der Waals surface area contributed by atoms with Crippen LogP contribution >= 0.6 is 0 Å². The largest absolute Gasteiger partial charge is 0.349 e. The van der Waals surface area contributed by atoms with Crippen molar-refractivity contribution in [3.63, 3.8) is 0 Å². The summed E-state index contributed by atoms with van der Waals surface area (Å²) in [6.07, 6.45) is 9.60. The third-order valence-corrected chi connectivity index (χ3v) is 6.09. The fraction of sp³-hybridized carbons (Fsp3) is 0.938. The van der Waals surface area contributed by atoms with Crippen LogP contribution < -0.4 is 11.1 Å². The Balaban J connectivity index is 1.61. The van der Waals surface area contributed by atoms with E-state index in [1.807, 2.05) is 0 Å². The maximum atomic E-state index is 12.6. The zero-order valence-corrected chi connectivity index (χ0v) is 12.2. The molecule has 3 aliphatic rings. The summed E-state index contributed by atoms with van der Waals surface area (Å²) in [6, 6.07) is 0. The summed E-state index contributed by atoms with van der Waals surface area (Å²) in [5.74, 6) is 2.90. The second-order valence-electron chi connectivity index (χ2n) is 7.44. The lowest BCUT2D eigenvalue weighted by Gasteiger charge is -2.40. The molecule has 3 N–H and O–H groups in total. The Morgan fingerprint density at radius 2 is 1.95 bits per heavy atom. The van der Waals surface area contributed by atoms with Crippen LogP contribution in [0.15, 0.2) is 0 Å². The van der Waals surface area contributed by atoms with E-state index in [0.29, 0.717) is 24.3 Å². The Morgan fingerprint density at radius 1 is 1.21 bits per heavy atom. The Bertz CT molecular complexity index is 347. The van der Waals surface area contributed by atoms with Gasteiger partial charge in [-0.1, -0.05) is 13.3 Å². The van der Waals surface area contributed by atoms with Gasteiger partial charge in [-0.15, -0.1) is 0 Å². The van der Waals surface area contributed by atoms with E-state index in [9.17, 15) is 4.79 Å². The second-order valence-corrected chi connectivity index (χ2v) is 7.44. The third kappa shape index (κ3) is 2.54. The van der Waals surface area contributed by atoms with Gasteiger partial charge >= 0.3 is 0 Å². The van der Waals surface area contributed by atoms with Gasteiger partial charge in [0, 0.05) is 12.5 Å². The first-order chi connectivity index (χ1) is 9.12. The monoisotopic (exact) mass is 264 g/mol. The summed E-state index contributed by atoms with van der Waals surface area (Å²) in [5, 5.41) is 3.37. The summed E-state index contributed by atoms with van der Waals surface area (Å²) in [7, 11) is 0. The van der Waals surface area contributed by atoms with Gasteiger partial charge in [-0.05, 0) is 62.7 Å². The number of hydrogen-bond donors (Lipinski definition) is 2. The minimum atomic E-state index is -0.0918. The Kier molecular flexibility index (Phi) is 3.59. The summed E-state index contributed by atoms with van der Waals surface area (Å²) < 4.78 is 0. The molecule has 0 aromatic carbocycles. The van der Waals surface area contributed by atoms with Crippen molar-refractivity contribution < 1.29 is 4.79 Å². The Morgan fingerprint density at radius 3 is 2.47 bits per heavy atom. The average molecular weight is 264 g/mol. The number of carbonyl (C=O) groups is 1. The molecule has 3 unspecified atom stereocenters. The number of rotatable bonds is 3. The highest BCUT2D eigenvalue weighted by Gasteiger charge is 2.45. The minimum absolute atomic E-state index is 0.0918. The maximum Gasteiger partial charge on any atom is 0.223 e. The van der Waals surface area contributed by atoms with Crippen molar-refractivity contribution >= 4 is 5.91 Å². The standard InChI is InChI=1S/C16H28N2O/c1-11-4-6-16(10-17,7-5-11)18-15(19)14-9-12-2-3-13(14)8-12/h11-14H,2-10,17H2,1H3,(H,18,19). The van der Waals surface area contributed by atoms with Gasteiger partial charge in [0.25, 0.3) is 0 Å². The van der Waals surface area contributed by atoms with E-state index >= 15 is 0 Å². The summed E-state index contributed by atoms with van der Waals surface area (Å²) in [5.41, 5.74) is 5.90.